The highest BCUT2D eigenvalue weighted by atomic mass is 79.9. The molecule has 3 nitrogen and oxygen atoms in total. The molecule has 1 N–H and O–H groups in total. The predicted octanol–water partition coefficient (Wildman–Crippen LogP) is 3.21. The minimum Gasteiger partial charge on any atom is -0.338 e. The summed E-state index contributed by atoms with van der Waals surface area (Å²) in [6.07, 6.45) is 1.09. The second kappa shape index (κ2) is 6.65. The van der Waals surface area contributed by atoms with Gasteiger partial charge in [0.05, 0.1) is 10.6 Å². The Kier molecular flexibility index (Phi) is 5.35. The molecule has 2 heterocycles. The number of rotatable bonds is 1. The Balaban J connectivity index is 0.00000147. The van der Waals surface area contributed by atoms with E-state index in [0.717, 1.165) is 43.0 Å². The van der Waals surface area contributed by atoms with Gasteiger partial charge in [-0.25, -0.2) is 0 Å². The molecule has 0 bridgehead atoms. The molecule has 1 amide bonds. The van der Waals surface area contributed by atoms with Gasteiger partial charge >= 0.3 is 0 Å². The summed E-state index contributed by atoms with van der Waals surface area (Å²) in [5.74, 6) is 1.39. The van der Waals surface area contributed by atoms with Gasteiger partial charge in [-0.05, 0) is 49.5 Å². The molecule has 110 valence electrons. The molecule has 0 saturated carbocycles. The summed E-state index contributed by atoms with van der Waals surface area (Å²) in [4.78, 5) is 14.5. The van der Waals surface area contributed by atoms with Crippen molar-refractivity contribution in [3.63, 3.8) is 0 Å². The molecule has 0 radical (unpaired) electrons. The zero-order valence-electron chi connectivity index (χ0n) is 10.9. The number of carbonyl (C=O) groups excluding carboxylic acids is 1. The van der Waals surface area contributed by atoms with E-state index in [1.165, 1.54) is 0 Å². The van der Waals surface area contributed by atoms with E-state index in [-0.39, 0.29) is 18.3 Å². The number of hydrogen-bond donors (Lipinski definition) is 1. The molecule has 6 heteroatoms. The van der Waals surface area contributed by atoms with E-state index in [1.54, 1.807) is 6.07 Å². The highest BCUT2D eigenvalue weighted by Crippen LogP contribution is 2.29. The summed E-state index contributed by atoms with van der Waals surface area (Å²) >= 11 is 9.54. The average Bonchev–Trinajstić information content (AvgIpc) is 2.88. The molecule has 1 aromatic carbocycles. The van der Waals surface area contributed by atoms with Crippen molar-refractivity contribution in [3.05, 3.63) is 33.3 Å². The van der Waals surface area contributed by atoms with Crippen molar-refractivity contribution in [1.82, 2.24) is 10.2 Å². The average molecular weight is 380 g/mol. The molecule has 2 fully saturated rings. The molecule has 2 aliphatic heterocycles. The normalized spacial score (nSPS) is 25.0. The van der Waals surface area contributed by atoms with Gasteiger partial charge in [-0.2, -0.15) is 0 Å². The molecule has 1 aromatic rings. The van der Waals surface area contributed by atoms with Gasteiger partial charge in [0.15, 0.2) is 0 Å². The minimum atomic E-state index is 0. The van der Waals surface area contributed by atoms with E-state index >= 15 is 0 Å². The number of carbonyl (C=O) groups is 1. The number of nitrogens with one attached hydrogen (secondary N) is 1. The zero-order valence-corrected chi connectivity index (χ0v) is 14.1. The van der Waals surface area contributed by atoms with Crippen LogP contribution in [-0.2, 0) is 0 Å². The van der Waals surface area contributed by atoms with Crippen LogP contribution >= 0.6 is 39.9 Å². The SMILES string of the molecule is Cl.O=C(c1cc(Br)ccc1Cl)N1CCC2CNCC2C1. The molecule has 2 aliphatic rings. The number of benzene rings is 1. The molecule has 2 unspecified atom stereocenters. The minimum absolute atomic E-state index is 0. The molecule has 3 rings (SSSR count). The number of hydrogen-bond acceptors (Lipinski definition) is 2. The maximum absolute atomic E-state index is 12.6. The van der Waals surface area contributed by atoms with Crippen LogP contribution in [0, 0.1) is 11.8 Å². The van der Waals surface area contributed by atoms with Crippen molar-refractivity contribution in [2.45, 2.75) is 6.42 Å². The molecule has 0 aliphatic carbocycles. The van der Waals surface area contributed by atoms with Crippen molar-refractivity contribution < 1.29 is 4.79 Å². The number of nitrogens with zero attached hydrogens (tertiary/aromatic N) is 1. The molecule has 2 saturated heterocycles. The van der Waals surface area contributed by atoms with Crippen LogP contribution in [0.15, 0.2) is 22.7 Å². The van der Waals surface area contributed by atoms with E-state index in [2.05, 4.69) is 21.2 Å². The number of piperidine rings is 1. The summed E-state index contributed by atoms with van der Waals surface area (Å²) < 4.78 is 0.887. The lowest BCUT2D eigenvalue weighted by molar-refractivity contribution is 0.0642. The maximum Gasteiger partial charge on any atom is 0.255 e. The molecule has 0 aromatic heterocycles. The lowest BCUT2D eigenvalue weighted by Gasteiger charge is -2.34. The van der Waals surface area contributed by atoms with Gasteiger partial charge in [0, 0.05) is 17.6 Å². The Morgan fingerprint density at radius 2 is 2.10 bits per heavy atom. The van der Waals surface area contributed by atoms with E-state index in [4.69, 9.17) is 11.6 Å². The smallest absolute Gasteiger partial charge is 0.255 e. The van der Waals surface area contributed by atoms with Crippen LogP contribution in [0.2, 0.25) is 5.02 Å². The zero-order chi connectivity index (χ0) is 13.4. The third-order valence-corrected chi connectivity index (χ3v) is 4.97. The fourth-order valence-electron chi connectivity index (χ4n) is 3.05. The van der Waals surface area contributed by atoms with Gasteiger partial charge < -0.3 is 10.2 Å². The van der Waals surface area contributed by atoms with Crippen LogP contribution in [0.25, 0.3) is 0 Å². The third kappa shape index (κ3) is 3.14. The van der Waals surface area contributed by atoms with Gasteiger partial charge in [0.25, 0.3) is 5.91 Å². The molecule has 2 atom stereocenters. The summed E-state index contributed by atoms with van der Waals surface area (Å²) in [5, 5.41) is 3.94. The van der Waals surface area contributed by atoms with Crippen LogP contribution in [0.5, 0.6) is 0 Å². The van der Waals surface area contributed by atoms with Gasteiger partial charge in [-0.15, -0.1) is 12.4 Å². The summed E-state index contributed by atoms with van der Waals surface area (Å²) in [7, 11) is 0. The van der Waals surface area contributed by atoms with Crippen molar-refractivity contribution in [3.8, 4) is 0 Å². The van der Waals surface area contributed by atoms with Gasteiger partial charge in [0.2, 0.25) is 0 Å². The highest BCUT2D eigenvalue weighted by molar-refractivity contribution is 9.10. The second-order valence-electron chi connectivity index (χ2n) is 5.34. The number of amides is 1. The second-order valence-corrected chi connectivity index (χ2v) is 6.67. The largest absolute Gasteiger partial charge is 0.338 e. The standard InChI is InChI=1S/C14H16BrClN2O.ClH/c15-11-1-2-13(16)12(5-11)14(19)18-4-3-9-6-17-7-10(9)8-18;/h1-2,5,9-10,17H,3-4,6-8H2;1H. The Labute approximate surface area is 138 Å². The van der Waals surface area contributed by atoms with E-state index in [1.807, 2.05) is 17.0 Å². The highest BCUT2D eigenvalue weighted by Gasteiger charge is 2.35. The van der Waals surface area contributed by atoms with Gasteiger partial charge in [-0.3, -0.25) is 4.79 Å². The molecular weight excluding hydrogens is 363 g/mol. The monoisotopic (exact) mass is 378 g/mol. The fourth-order valence-corrected chi connectivity index (χ4v) is 3.61. The van der Waals surface area contributed by atoms with E-state index in [9.17, 15) is 4.79 Å². The Morgan fingerprint density at radius 3 is 2.90 bits per heavy atom. The van der Waals surface area contributed by atoms with Crippen LogP contribution in [0.4, 0.5) is 0 Å². The van der Waals surface area contributed by atoms with Gasteiger partial charge in [-0.1, -0.05) is 27.5 Å². The Morgan fingerprint density at radius 1 is 1.35 bits per heavy atom. The Bertz CT molecular complexity index is 512. The maximum atomic E-state index is 12.6. The number of fused-ring (bicyclic) bond motifs is 1. The first-order valence-electron chi connectivity index (χ1n) is 6.60. The van der Waals surface area contributed by atoms with Crippen molar-refractivity contribution in [1.29, 1.82) is 0 Å². The number of halogens is 3. The lowest BCUT2D eigenvalue weighted by Crippen LogP contribution is -2.43. The van der Waals surface area contributed by atoms with Crippen molar-refractivity contribution >= 4 is 45.8 Å². The first-order chi connectivity index (χ1) is 9.15. The van der Waals surface area contributed by atoms with Crippen LogP contribution in [0.3, 0.4) is 0 Å². The lowest BCUT2D eigenvalue weighted by atomic mass is 9.88. The fraction of sp³-hybridized carbons (Fsp3) is 0.500. The summed E-state index contributed by atoms with van der Waals surface area (Å²) in [6.45, 7) is 3.81. The van der Waals surface area contributed by atoms with Crippen LogP contribution in [-0.4, -0.2) is 37.0 Å². The topological polar surface area (TPSA) is 32.3 Å². The van der Waals surface area contributed by atoms with E-state index < -0.39 is 0 Å². The predicted molar refractivity (Wildman–Crippen MR) is 86.8 cm³/mol. The molecular formula is C14H17BrCl2N2O. The molecule has 20 heavy (non-hydrogen) atoms. The van der Waals surface area contributed by atoms with Crippen LogP contribution in [0.1, 0.15) is 16.8 Å². The summed E-state index contributed by atoms with van der Waals surface area (Å²) in [5.41, 5.74) is 0.598. The number of likely N-dealkylation sites (tertiary alicyclic amines) is 1. The van der Waals surface area contributed by atoms with Crippen molar-refractivity contribution in [2.75, 3.05) is 26.2 Å². The van der Waals surface area contributed by atoms with Crippen LogP contribution < -0.4 is 5.32 Å². The quantitative estimate of drug-likeness (QED) is 0.812. The molecule has 0 spiro atoms. The first kappa shape index (κ1) is 16.1. The van der Waals surface area contributed by atoms with Gasteiger partial charge in [0.1, 0.15) is 0 Å². The summed E-state index contributed by atoms with van der Waals surface area (Å²) in [6, 6.07) is 5.43. The third-order valence-electron chi connectivity index (χ3n) is 4.15. The van der Waals surface area contributed by atoms with E-state index in [0.29, 0.717) is 16.5 Å². The first-order valence-corrected chi connectivity index (χ1v) is 7.77. The Hall–Kier alpha value is -0.290. The van der Waals surface area contributed by atoms with Crippen molar-refractivity contribution in [2.24, 2.45) is 11.8 Å².